The maximum atomic E-state index is 12.7. The number of aromatic nitrogens is 3. The number of carbonyl (C=O) groups excluding carboxylic acids is 2. The molecule has 9 heteroatoms. The summed E-state index contributed by atoms with van der Waals surface area (Å²) >= 11 is 1.37. The highest BCUT2D eigenvalue weighted by Gasteiger charge is 2.67. The number of piperidine rings is 1. The molecule has 4 rings (SSSR count). The summed E-state index contributed by atoms with van der Waals surface area (Å²) in [7, 11) is 0. The van der Waals surface area contributed by atoms with Crippen LogP contribution in [0.3, 0.4) is 0 Å². The highest BCUT2D eigenvalue weighted by atomic mass is 32.1. The monoisotopic (exact) mass is 386 g/mol. The quantitative estimate of drug-likeness (QED) is 0.838. The van der Waals surface area contributed by atoms with Gasteiger partial charge in [0.05, 0.1) is 16.3 Å². The van der Waals surface area contributed by atoms with Gasteiger partial charge in [0.15, 0.2) is 5.13 Å². The Kier molecular flexibility index (Phi) is 4.14. The predicted molar refractivity (Wildman–Crippen MR) is 102 cm³/mol. The summed E-state index contributed by atoms with van der Waals surface area (Å²) in [5.74, 6) is 0.776. The lowest BCUT2D eigenvalue weighted by Gasteiger charge is -2.25. The molecule has 27 heavy (non-hydrogen) atoms. The average Bonchev–Trinajstić information content (AvgIpc) is 3.06. The van der Waals surface area contributed by atoms with Crippen molar-refractivity contribution in [3.63, 3.8) is 0 Å². The molecule has 142 valence electrons. The number of likely N-dealkylation sites (tertiary alicyclic amines) is 1. The van der Waals surface area contributed by atoms with E-state index in [9.17, 15) is 9.59 Å². The Labute approximate surface area is 161 Å². The number of hydrogen-bond donors (Lipinski definition) is 2. The average molecular weight is 386 g/mol. The molecule has 0 bridgehead atoms. The molecule has 0 radical (unpaired) electrons. The number of amides is 3. The third-order valence-corrected chi connectivity index (χ3v) is 6.46. The molecule has 1 saturated carbocycles. The minimum Gasteiger partial charge on any atom is -0.368 e. The second-order valence-electron chi connectivity index (χ2n) is 7.45. The fraction of sp³-hybridized carbons (Fsp3) is 0.500. The second-order valence-corrected chi connectivity index (χ2v) is 8.45. The van der Waals surface area contributed by atoms with Crippen molar-refractivity contribution in [2.45, 2.75) is 45.1 Å². The molecule has 3 heterocycles. The topological polar surface area (TPSA) is 114 Å². The minimum absolute atomic E-state index is 0.199. The predicted octanol–water partition coefficient (Wildman–Crippen LogP) is 2.51. The summed E-state index contributed by atoms with van der Waals surface area (Å²) in [6.45, 7) is 6.51. The zero-order valence-electron chi connectivity index (χ0n) is 15.5. The fourth-order valence-corrected chi connectivity index (χ4v) is 4.74. The van der Waals surface area contributed by atoms with Crippen molar-refractivity contribution in [3.8, 4) is 10.6 Å². The van der Waals surface area contributed by atoms with Crippen LogP contribution in [0.15, 0.2) is 12.3 Å². The van der Waals surface area contributed by atoms with Crippen molar-refractivity contribution >= 4 is 28.4 Å². The molecular weight excluding hydrogens is 364 g/mol. The van der Waals surface area contributed by atoms with Crippen molar-refractivity contribution in [2.24, 2.45) is 11.7 Å². The first-order valence-corrected chi connectivity index (χ1v) is 9.84. The van der Waals surface area contributed by atoms with Crippen LogP contribution in [0.2, 0.25) is 0 Å². The van der Waals surface area contributed by atoms with E-state index in [4.69, 9.17) is 5.73 Å². The van der Waals surface area contributed by atoms with Crippen LogP contribution in [0, 0.1) is 12.8 Å². The number of carbonyl (C=O) groups is 2. The molecule has 0 spiro atoms. The van der Waals surface area contributed by atoms with E-state index in [1.54, 1.807) is 11.1 Å². The first kappa shape index (κ1) is 17.8. The van der Waals surface area contributed by atoms with Gasteiger partial charge in [-0.3, -0.25) is 10.1 Å². The molecule has 2 aromatic rings. The summed E-state index contributed by atoms with van der Waals surface area (Å²) in [5.41, 5.74) is 6.34. The number of hydrogen-bond acceptors (Lipinski definition) is 6. The number of thiazole rings is 1. The zero-order valence-corrected chi connectivity index (χ0v) is 16.3. The first-order chi connectivity index (χ1) is 12.8. The Morgan fingerprint density at radius 1 is 1.41 bits per heavy atom. The van der Waals surface area contributed by atoms with Crippen molar-refractivity contribution in [3.05, 3.63) is 23.8 Å². The van der Waals surface area contributed by atoms with Gasteiger partial charge in [-0.1, -0.05) is 25.2 Å². The van der Waals surface area contributed by atoms with Gasteiger partial charge >= 0.3 is 6.03 Å². The second kappa shape index (κ2) is 6.26. The summed E-state index contributed by atoms with van der Waals surface area (Å²) < 4.78 is 0. The molecule has 0 aromatic carbocycles. The number of nitrogens with zero attached hydrogens (tertiary/aromatic N) is 4. The summed E-state index contributed by atoms with van der Waals surface area (Å²) in [4.78, 5) is 40.4. The van der Waals surface area contributed by atoms with E-state index < -0.39 is 11.4 Å². The number of nitrogens with two attached hydrogens (primary N) is 1. The number of rotatable bonds is 4. The van der Waals surface area contributed by atoms with E-state index in [0.717, 1.165) is 28.5 Å². The van der Waals surface area contributed by atoms with Crippen LogP contribution in [-0.2, 0) is 4.79 Å². The van der Waals surface area contributed by atoms with Crippen molar-refractivity contribution in [1.29, 1.82) is 0 Å². The maximum Gasteiger partial charge on any atom is 0.324 e. The highest BCUT2D eigenvalue weighted by molar-refractivity contribution is 7.19. The summed E-state index contributed by atoms with van der Waals surface area (Å²) in [6.07, 6.45) is 3.22. The third-order valence-electron chi connectivity index (χ3n) is 5.36. The SMILES string of the molecule is Cc1nc(NC(=O)N2CC[C@@H]3C[C@@]32C(N)=O)sc1-c1ccnc(C(C)C)n1. The van der Waals surface area contributed by atoms with Crippen LogP contribution in [0.1, 0.15) is 44.1 Å². The number of urea groups is 1. The Bertz CT molecular complexity index is 926. The Hall–Kier alpha value is -2.55. The van der Waals surface area contributed by atoms with E-state index in [2.05, 4.69) is 20.3 Å². The molecule has 2 aromatic heterocycles. The van der Waals surface area contributed by atoms with Gasteiger partial charge < -0.3 is 10.6 Å². The number of aryl methyl sites for hydroxylation is 1. The van der Waals surface area contributed by atoms with E-state index in [0.29, 0.717) is 18.1 Å². The zero-order chi connectivity index (χ0) is 19.3. The number of nitrogens with one attached hydrogen (secondary N) is 1. The first-order valence-electron chi connectivity index (χ1n) is 9.02. The number of anilines is 1. The van der Waals surface area contributed by atoms with Crippen LogP contribution in [0.4, 0.5) is 9.93 Å². The van der Waals surface area contributed by atoms with Crippen molar-refractivity contribution < 1.29 is 9.59 Å². The van der Waals surface area contributed by atoms with Crippen LogP contribution < -0.4 is 11.1 Å². The van der Waals surface area contributed by atoms with E-state index in [1.807, 2.05) is 26.8 Å². The van der Waals surface area contributed by atoms with Crippen LogP contribution in [0.5, 0.6) is 0 Å². The molecule has 1 aliphatic carbocycles. The van der Waals surface area contributed by atoms with Gasteiger partial charge in [0, 0.05) is 18.7 Å². The molecule has 1 aliphatic heterocycles. The van der Waals surface area contributed by atoms with Crippen LogP contribution in [0.25, 0.3) is 10.6 Å². The van der Waals surface area contributed by atoms with Gasteiger partial charge in [-0.05, 0) is 31.7 Å². The van der Waals surface area contributed by atoms with E-state index in [-0.39, 0.29) is 17.9 Å². The molecule has 1 saturated heterocycles. The van der Waals surface area contributed by atoms with Gasteiger partial charge in [-0.15, -0.1) is 0 Å². The molecular formula is C18H22N6O2S. The standard InChI is InChI=1S/C18H22N6O2S/c1-9(2)14-20-6-4-12(22-14)13-10(3)21-16(27-13)23-17(26)24-7-5-11-8-18(11,24)15(19)25/h4,6,9,11H,5,7-8H2,1-3H3,(H2,19,25)(H,21,23,26)/t11-,18+/m1/s1. The Balaban J connectivity index is 1.55. The Morgan fingerprint density at radius 2 is 2.19 bits per heavy atom. The fourth-order valence-electron chi connectivity index (χ4n) is 3.82. The van der Waals surface area contributed by atoms with Crippen LogP contribution in [-0.4, -0.2) is 43.9 Å². The number of primary amides is 1. The lowest BCUT2D eigenvalue weighted by molar-refractivity contribution is -0.123. The van der Waals surface area contributed by atoms with E-state index in [1.165, 1.54) is 11.3 Å². The largest absolute Gasteiger partial charge is 0.368 e. The smallest absolute Gasteiger partial charge is 0.324 e. The normalized spacial score (nSPS) is 23.4. The molecule has 2 aliphatic rings. The van der Waals surface area contributed by atoms with Gasteiger partial charge in [-0.2, -0.15) is 0 Å². The minimum atomic E-state index is -0.794. The highest BCUT2D eigenvalue weighted by Crippen LogP contribution is 2.55. The van der Waals surface area contributed by atoms with Gasteiger partial charge in [0.2, 0.25) is 5.91 Å². The molecule has 0 unspecified atom stereocenters. The summed E-state index contributed by atoms with van der Waals surface area (Å²) in [5, 5.41) is 3.32. The lowest BCUT2D eigenvalue weighted by Crippen LogP contribution is -2.50. The van der Waals surface area contributed by atoms with Crippen molar-refractivity contribution in [1.82, 2.24) is 19.9 Å². The maximum absolute atomic E-state index is 12.7. The Morgan fingerprint density at radius 3 is 2.85 bits per heavy atom. The third kappa shape index (κ3) is 2.86. The lowest BCUT2D eigenvalue weighted by atomic mass is 10.2. The summed E-state index contributed by atoms with van der Waals surface area (Å²) in [6, 6.07) is 1.52. The molecule has 3 amide bonds. The van der Waals surface area contributed by atoms with Crippen LogP contribution >= 0.6 is 11.3 Å². The molecule has 8 nitrogen and oxygen atoms in total. The number of fused-ring (bicyclic) bond motifs is 1. The van der Waals surface area contributed by atoms with E-state index >= 15 is 0 Å². The molecule has 2 atom stereocenters. The van der Waals surface area contributed by atoms with Gasteiger partial charge in [0.1, 0.15) is 11.4 Å². The van der Waals surface area contributed by atoms with Gasteiger partial charge in [-0.25, -0.2) is 19.7 Å². The van der Waals surface area contributed by atoms with Gasteiger partial charge in [0.25, 0.3) is 0 Å². The molecule has 2 fully saturated rings. The molecule has 3 N–H and O–H groups in total. The van der Waals surface area contributed by atoms with Crippen molar-refractivity contribution in [2.75, 3.05) is 11.9 Å².